The van der Waals surface area contributed by atoms with Gasteiger partial charge in [-0.05, 0) is 124 Å². The maximum atomic E-state index is 12.1. The molecule has 6 fully saturated rings. The van der Waals surface area contributed by atoms with Crippen molar-refractivity contribution in [3.8, 4) is 22.5 Å². The van der Waals surface area contributed by atoms with Crippen LogP contribution >= 0.6 is 0 Å². The Bertz CT molecular complexity index is 2150. The van der Waals surface area contributed by atoms with E-state index >= 15 is 0 Å². The van der Waals surface area contributed by atoms with Crippen molar-refractivity contribution in [1.82, 2.24) is 30.0 Å². The summed E-state index contributed by atoms with van der Waals surface area (Å²) < 4.78 is 42.2. The summed E-state index contributed by atoms with van der Waals surface area (Å²) >= 11 is 0. The molecule has 0 radical (unpaired) electrons. The zero-order valence-corrected chi connectivity index (χ0v) is 38.0. The largest absolute Gasteiger partial charge is 0.384 e. The van der Waals surface area contributed by atoms with Gasteiger partial charge in [0, 0.05) is 36.5 Å². The summed E-state index contributed by atoms with van der Waals surface area (Å²) in [6, 6.07) is 16.7. The molecule has 16 atom stereocenters. The molecule has 10 rings (SSSR count). The summed E-state index contributed by atoms with van der Waals surface area (Å²) in [4.78, 5) is 0. The number of hydrogen-bond acceptors (Lipinski definition) is 11. The van der Waals surface area contributed by atoms with Crippen LogP contribution in [0.4, 0.5) is 0 Å². The van der Waals surface area contributed by atoms with Crippen LogP contribution in [0.15, 0.2) is 60.9 Å². The first-order valence-electron chi connectivity index (χ1n) is 24.1. The average Bonchev–Trinajstić information content (AvgIpc) is 3.90. The van der Waals surface area contributed by atoms with Gasteiger partial charge in [0.15, 0.2) is 25.2 Å². The molecule has 2 saturated carbocycles. The summed E-state index contributed by atoms with van der Waals surface area (Å²) in [5.41, 5.74) is 4.82. The Balaban J connectivity index is 0.703. The first kappa shape index (κ1) is 43.3. The lowest BCUT2D eigenvalue weighted by molar-refractivity contribution is -0.381. The van der Waals surface area contributed by atoms with Gasteiger partial charge in [0.1, 0.15) is 5.60 Å². The molecule has 6 aliphatic rings. The average molecular weight is 865 g/mol. The maximum absolute atomic E-state index is 12.1. The molecule has 13 nitrogen and oxygen atoms in total. The molecule has 2 aromatic carbocycles. The van der Waals surface area contributed by atoms with Crippen LogP contribution < -0.4 is 0 Å². The molecule has 340 valence electrons. The van der Waals surface area contributed by atoms with Crippen LogP contribution in [0, 0.1) is 53.3 Å². The van der Waals surface area contributed by atoms with E-state index < -0.39 is 18.2 Å². The van der Waals surface area contributed by atoms with E-state index in [1.54, 1.807) is 4.68 Å². The fraction of sp³-hybridized carbons (Fsp3) is 0.680. The summed E-state index contributed by atoms with van der Waals surface area (Å²) in [5.74, 6) is 3.54. The Morgan fingerprint density at radius 2 is 1.13 bits per heavy atom. The van der Waals surface area contributed by atoms with E-state index in [4.69, 9.17) is 28.4 Å². The second-order valence-electron chi connectivity index (χ2n) is 20.2. The number of aromatic nitrogens is 6. The van der Waals surface area contributed by atoms with Gasteiger partial charge in [-0.15, -0.1) is 10.2 Å². The first-order valence-corrected chi connectivity index (χ1v) is 24.1. The number of nitrogens with zero attached hydrogens (tertiary/aromatic N) is 6. The molecular weight excluding hydrogens is 797 g/mol. The summed E-state index contributed by atoms with van der Waals surface area (Å²) in [7, 11) is 0. The van der Waals surface area contributed by atoms with Gasteiger partial charge in [-0.2, -0.15) is 0 Å². The third kappa shape index (κ3) is 8.45. The lowest BCUT2D eigenvalue weighted by atomic mass is 9.58. The van der Waals surface area contributed by atoms with Crippen LogP contribution in [-0.2, 0) is 41.3 Å². The van der Waals surface area contributed by atoms with Gasteiger partial charge >= 0.3 is 0 Å². The van der Waals surface area contributed by atoms with Crippen molar-refractivity contribution in [2.75, 3.05) is 13.2 Å². The minimum Gasteiger partial charge on any atom is -0.384 e. The van der Waals surface area contributed by atoms with E-state index in [9.17, 15) is 5.11 Å². The van der Waals surface area contributed by atoms with Crippen molar-refractivity contribution in [2.45, 2.75) is 149 Å². The van der Waals surface area contributed by atoms with Crippen molar-refractivity contribution >= 4 is 0 Å². The van der Waals surface area contributed by atoms with Gasteiger partial charge in [-0.1, -0.05) is 68.8 Å². The molecule has 2 aliphatic carbocycles. The van der Waals surface area contributed by atoms with Gasteiger partial charge in [0.05, 0.1) is 60.6 Å². The van der Waals surface area contributed by atoms with Gasteiger partial charge in [-0.25, -0.2) is 9.36 Å². The minimum absolute atomic E-state index is 0.0406. The second kappa shape index (κ2) is 18.0. The SMILES string of the molecule is CC1CCC2C(C)CCC3C(C)C(OCCc4cn(-c5ccc(-c6ccc(-n7cc(CCOC8OC9OC(C)CCC%10C(C)CCC(C8C)C9%10O)nn7)cc6)cc5)nn4)OC(O1)C23. The van der Waals surface area contributed by atoms with E-state index in [0.717, 1.165) is 71.9 Å². The molecular formula is C50H68N6O7. The Labute approximate surface area is 372 Å². The minimum atomic E-state index is -0.972. The monoisotopic (exact) mass is 865 g/mol. The Morgan fingerprint density at radius 3 is 1.76 bits per heavy atom. The number of rotatable bonds is 11. The third-order valence-electron chi connectivity index (χ3n) is 16.3. The highest BCUT2D eigenvalue weighted by Crippen LogP contribution is 2.55. The highest BCUT2D eigenvalue weighted by molar-refractivity contribution is 5.65. The van der Waals surface area contributed by atoms with E-state index in [1.807, 2.05) is 17.1 Å². The Kier molecular flexibility index (Phi) is 12.4. The van der Waals surface area contributed by atoms with Crippen LogP contribution in [0.3, 0.4) is 0 Å². The quantitative estimate of drug-likeness (QED) is 0.156. The zero-order chi connectivity index (χ0) is 43.4. The van der Waals surface area contributed by atoms with Crippen LogP contribution in [0.25, 0.3) is 22.5 Å². The second-order valence-corrected chi connectivity index (χ2v) is 20.2. The van der Waals surface area contributed by atoms with Crippen LogP contribution in [0.5, 0.6) is 0 Å². The highest BCUT2D eigenvalue weighted by Gasteiger charge is 2.62. The molecule has 4 aromatic rings. The summed E-state index contributed by atoms with van der Waals surface area (Å²) in [6.07, 6.45) is 12.7. The molecule has 16 unspecified atom stereocenters. The molecule has 2 aromatic heterocycles. The molecule has 4 saturated heterocycles. The molecule has 63 heavy (non-hydrogen) atoms. The van der Waals surface area contributed by atoms with Gasteiger partial charge in [0.25, 0.3) is 0 Å². The molecule has 4 aliphatic heterocycles. The number of hydrogen-bond donors (Lipinski definition) is 1. The predicted octanol–water partition coefficient (Wildman–Crippen LogP) is 8.34. The van der Waals surface area contributed by atoms with Crippen molar-refractivity contribution < 1.29 is 33.5 Å². The van der Waals surface area contributed by atoms with Crippen LogP contribution in [0.1, 0.15) is 104 Å². The number of benzene rings is 2. The van der Waals surface area contributed by atoms with Gasteiger partial charge < -0.3 is 33.5 Å². The summed E-state index contributed by atoms with van der Waals surface area (Å²) in [6.45, 7) is 14.4. The lowest BCUT2D eigenvalue weighted by Gasteiger charge is -2.57. The topological polar surface area (TPSA) is 137 Å². The zero-order valence-electron chi connectivity index (χ0n) is 38.0. The maximum Gasteiger partial charge on any atom is 0.190 e. The van der Waals surface area contributed by atoms with E-state index in [0.29, 0.717) is 55.6 Å². The predicted molar refractivity (Wildman–Crippen MR) is 235 cm³/mol. The lowest BCUT2D eigenvalue weighted by Crippen LogP contribution is -2.66. The van der Waals surface area contributed by atoms with Crippen LogP contribution in [0.2, 0.25) is 0 Å². The highest BCUT2D eigenvalue weighted by atomic mass is 16.8. The van der Waals surface area contributed by atoms with Crippen molar-refractivity contribution in [3.63, 3.8) is 0 Å². The summed E-state index contributed by atoms with van der Waals surface area (Å²) in [5, 5.41) is 29.9. The number of ether oxygens (including phenoxy) is 6. The fourth-order valence-corrected chi connectivity index (χ4v) is 12.6. The molecule has 0 spiro atoms. The fourth-order valence-electron chi connectivity index (χ4n) is 12.6. The normalized spacial score (nSPS) is 38.9. The van der Waals surface area contributed by atoms with Crippen molar-refractivity contribution in [1.29, 1.82) is 0 Å². The Hall–Kier alpha value is -3.56. The smallest absolute Gasteiger partial charge is 0.190 e. The molecule has 6 heterocycles. The molecule has 1 N–H and O–H groups in total. The molecule has 0 amide bonds. The van der Waals surface area contributed by atoms with Crippen molar-refractivity contribution in [3.05, 3.63) is 72.3 Å². The van der Waals surface area contributed by atoms with E-state index in [1.165, 1.54) is 19.3 Å². The number of aliphatic hydroxyl groups is 1. The van der Waals surface area contributed by atoms with Gasteiger partial charge in [0.2, 0.25) is 0 Å². The van der Waals surface area contributed by atoms with E-state index in [2.05, 4.69) is 111 Å². The molecule has 13 heteroatoms. The Morgan fingerprint density at radius 1 is 0.587 bits per heavy atom. The first-order chi connectivity index (χ1) is 30.5. The van der Waals surface area contributed by atoms with Crippen molar-refractivity contribution in [2.24, 2.45) is 53.3 Å². The molecule has 0 bridgehead atoms. The van der Waals surface area contributed by atoms with Crippen LogP contribution in [-0.4, -0.2) is 91.3 Å². The van der Waals surface area contributed by atoms with Gasteiger partial charge in [-0.3, -0.25) is 0 Å². The van der Waals surface area contributed by atoms with E-state index in [-0.39, 0.29) is 42.5 Å². The third-order valence-corrected chi connectivity index (χ3v) is 16.3. The standard InChI is InChI=1S/C50H68N6O7/c1-29-7-19-42-33(5)46(62-48-45(42)41(29)20-9-31(3)60-48)58-25-23-37-27-55(53-51-37)39-15-11-35(12-16-39)36-13-17-40(18-14-36)56-28-38(52-54-56)24-26-59-47-34(6)44-21-8-30(2)43-22-10-32(4)61-49(63-47)50(43,44)57/h11-18,27-34,41-49,57H,7-10,19-26H2,1-6H3.